The van der Waals surface area contributed by atoms with Crippen molar-refractivity contribution < 1.29 is 60.7 Å². The number of carboxylic acid groups (broad SMARTS) is 2. The van der Waals surface area contributed by atoms with E-state index < -0.39 is 24.3 Å². The molecule has 9 nitrogen and oxygen atoms in total. The van der Waals surface area contributed by atoms with E-state index in [1.165, 1.54) is 11.1 Å². The van der Waals surface area contributed by atoms with Gasteiger partial charge in [0.05, 0.1) is 19.3 Å². The zero-order valence-electron chi connectivity index (χ0n) is 22.3. The molecule has 42 heavy (non-hydrogen) atoms. The maximum absolute atomic E-state index is 11.4. The third-order valence-electron chi connectivity index (χ3n) is 7.29. The molecule has 1 spiro atoms. The van der Waals surface area contributed by atoms with Crippen LogP contribution < -0.4 is 14.8 Å². The number of aliphatic hydroxyl groups excluding tert-OH is 1. The van der Waals surface area contributed by atoms with Crippen LogP contribution in [0.1, 0.15) is 30.0 Å². The highest BCUT2D eigenvalue weighted by molar-refractivity contribution is 5.73. The number of alkyl halides is 6. The molecule has 0 bridgehead atoms. The van der Waals surface area contributed by atoms with Crippen molar-refractivity contribution in [2.45, 2.75) is 48.9 Å². The third kappa shape index (κ3) is 7.44. The van der Waals surface area contributed by atoms with E-state index in [2.05, 4.69) is 34.5 Å². The molecule has 2 aromatic carbocycles. The predicted molar refractivity (Wildman–Crippen MR) is 135 cm³/mol. The van der Waals surface area contributed by atoms with Crippen molar-refractivity contribution in [3.05, 3.63) is 59.7 Å². The molecule has 232 valence electrons. The number of nitrogens with zero attached hydrogens (tertiary/aromatic N) is 1. The molecule has 0 radical (unpaired) electrons. The molecule has 2 fully saturated rings. The van der Waals surface area contributed by atoms with Crippen molar-refractivity contribution in [2.24, 2.45) is 0 Å². The van der Waals surface area contributed by atoms with Crippen LogP contribution in [0.3, 0.4) is 0 Å². The smallest absolute Gasteiger partial charge is 0.490 e. The van der Waals surface area contributed by atoms with Gasteiger partial charge in [-0.3, -0.25) is 4.90 Å². The Balaban J connectivity index is 0.000000289. The first kappa shape index (κ1) is 32.9. The fourth-order valence-electron chi connectivity index (χ4n) is 5.34. The molecular weight excluding hydrogens is 578 g/mol. The van der Waals surface area contributed by atoms with Crippen LogP contribution in [-0.2, 0) is 15.0 Å². The maximum Gasteiger partial charge on any atom is 0.490 e. The lowest BCUT2D eigenvalue weighted by Crippen LogP contribution is -2.58. The van der Waals surface area contributed by atoms with Crippen LogP contribution in [0, 0.1) is 0 Å². The number of ether oxygens (including phenoxy) is 2. The van der Waals surface area contributed by atoms with Crippen molar-refractivity contribution in [3.8, 4) is 11.5 Å². The fourth-order valence-corrected chi connectivity index (χ4v) is 5.34. The summed E-state index contributed by atoms with van der Waals surface area (Å²) < 4.78 is 75.0. The van der Waals surface area contributed by atoms with Crippen LogP contribution in [0.4, 0.5) is 26.3 Å². The number of para-hydroxylation sites is 2. The van der Waals surface area contributed by atoms with Crippen LogP contribution in [0.25, 0.3) is 0 Å². The summed E-state index contributed by atoms with van der Waals surface area (Å²) in [5.74, 6) is -3.96. The average Bonchev–Trinajstić information content (AvgIpc) is 3.13. The van der Waals surface area contributed by atoms with E-state index in [1.807, 2.05) is 24.3 Å². The number of halogens is 6. The molecule has 4 N–H and O–H groups in total. The summed E-state index contributed by atoms with van der Waals surface area (Å²) in [6.45, 7) is 3.58. The molecule has 0 amide bonds. The quantitative estimate of drug-likeness (QED) is 0.384. The van der Waals surface area contributed by atoms with Crippen LogP contribution >= 0.6 is 0 Å². The molecule has 2 heterocycles. The second-order valence-corrected chi connectivity index (χ2v) is 9.83. The predicted octanol–water partition coefficient (Wildman–Crippen LogP) is 3.76. The first-order valence-corrected chi connectivity index (χ1v) is 12.7. The number of likely N-dealkylation sites (tertiary alicyclic amines) is 1. The monoisotopic (exact) mass is 608 g/mol. The lowest BCUT2D eigenvalue weighted by Gasteiger charge is -2.46. The molecular formula is C27H30F6N2O7. The van der Waals surface area contributed by atoms with Crippen molar-refractivity contribution in [1.82, 2.24) is 10.2 Å². The van der Waals surface area contributed by atoms with Crippen molar-refractivity contribution in [3.63, 3.8) is 0 Å². The van der Waals surface area contributed by atoms with Crippen LogP contribution in [-0.4, -0.2) is 90.0 Å². The molecule has 0 unspecified atom stereocenters. The van der Waals surface area contributed by atoms with Crippen LogP contribution in [0.2, 0.25) is 0 Å². The average molecular weight is 609 g/mol. The number of carboxylic acids is 2. The van der Waals surface area contributed by atoms with Gasteiger partial charge < -0.3 is 30.1 Å². The largest absolute Gasteiger partial charge is 0.493 e. The zero-order valence-corrected chi connectivity index (χ0v) is 22.3. The van der Waals surface area contributed by atoms with Gasteiger partial charge in [0.2, 0.25) is 0 Å². The van der Waals surface area contributed by atoms with E-state index in [1.54, 1.807) is 7.11 Å². The van der Waals surface area contributed by atoms with E-state index >= 15 is 0 Å². The van der Waals surface area contributed by atoms with Gasteiger partial charge in [-0.05, 0) is 49.2 Å². The lowest BCUT2D eigenvalue weighted by atomic mass is 9.72. The van der Waals surface area contributed by atoms with Crippen molar-refractivity contribution >= 4 is 11.9 Å². The Bertz CT molecular complexity index is 1200. The number of aliphatic carboxylic acids is 2. The number of nitrogens with one attached hydrogen (secondary N) is 1. The van der Waals surface area contributed by atoms with Crippen LogP contribution in [0.5, 0.6) is 11.5 Å². The summed E-state index contributed by atoms with van der Waals surface area (Å²) in [4.78, 5) is 20.2. The van der Waals surface area contributed by atoms with Gasteiger partial charge in [-0.1, -0.05) is 36.4 Å². The van der Waals surface area contributed by atoms with Crippen molar-refractivity contribution in [2.75, 3.05) is 33.3 Å². The summed E-state index contributed by atoms with van der Waals surface area (Å²) in [5.41, 5.74) is 2.54. The van der Waals surface area contributed by atoms with Gasteiger partial charge in [0, 0.05) is 18.5 Å². The highest BCUT2D eigenvalue weighted by atomic mass is 19.4. The van der Waals surface area contributed by atoms with Gasteiger partial charge in [-0.25, -0.2) is 9.59 Å². The molecule has 2 atom stereocenters. The maximum atomic E-state index is 11.4. The molecule has 0 aromatic heterocycles. The zero-order chi connectivity index (χ0) is 31.3. The Labute approximate surface area is 236 Å². The van der Waals surface area contributed by atoms with E-state index in [9.17, 15) is 31.4 Å². The summed E-state index contributed by atoms with van der Waals surface area (Å²) in [6.07, 6.45) is -8.41. The minimum Gasteiger partial charge on any atom is -0.493 e. The standard InChI is InChI=1S/C23H28N2O3.2C2HF3O2/c1-27-19-8-4-5-9-20(19)28-16-14-25(15-16)21-17-6-2-3-7-18(17)23(22(21)26)10-12-24-13-11-23;2*3-2(4,5)1(6)7/h2-9,16,21-22,24,26H,10-15H2,1H3;2*(H,6,7)/t21-,22+;;/m1../s1. The number of piperidine rings is 1. The molecule has 2 aliphatic heterocycles. The highest BCUT2D eigenvalue weighted by Crippen LogP contribution is 2.53. The minimum atomic E-state index is -5.08. The van der Waals surface area contributed by atoms with Crippen molar-refractivity contribution in [1.29, 1.82) is 0 Å². The number of hydrogen-bond acceptors (Lipinski definition) is 7. The Morgan fingerprint density at radius 3 is 1.86 bits per heavy atom. The normalized spacial score (nSPS) is 21.5. The summed E-state index contributed by atoms with van der Waals surface area (Å²) in [7, 11) is 1.67. The Morgan fingerprint density at radius 1 is 0.881 bits per heavy atom. The summed E-state index contributed by atoms with van der Waals surface area (Å²) in [6, 6.07) is 16.5. The number of carbonyl (C=O) groups is 2. The SMILES string of the molecule is COc1ccccc1OC1CN([C@@H]2c3ccccc3C3(CCNCC3)[C@H]2O)C1.O=C(O)C(F)(F)F.O=C(O)C(F)(F)F. The van der Waals surface area contributed by atoms with E-state index in [0.717, 1.165) is 50.5 Å². The number of methoxy groups -OCH3 is 1. The number of aliphatic hydroxyl groups is 1. The number of hydrogen-bond donors (Lipinski definition) is 4. The second kappa shape index (κ2) is 13.2. The van der Waals surface area contributed by atoms with Gasteiger partial charge in [-0.2, -0.15) is 26.3 Å². The van der Waals surface area contributed by atoms with Gasteiger partial charge in [0.25, 0.3) is 0 Å². The van der Waals surface area contributed by atoms with E-state index in [0.29, 0.717) is 0 Å². The number of fused-ring (bicyclic) bond motifs is 2. The summed E-state index contributed by atoms with van der Waals surface area (Å²) in [5, 5.41) is 29.1. The highest BCUT2D eigenvalue weighted by Gasteiger charge is 2.55. The Kier molecular flexibility index (Phi) is 10.3. The van der Waals surface area contributed by atoms with Gasteiger partial charge in [0.1, 0.15) is 6.10 Å². The molecule has 5 rings (SSSR count). The molecule has 3 aliphatic rings. The molecule has 1 aliphatic carbocycles. The minimum absolute atomic E-state index is 0.0619. The topological polar surface area (TPSA) is 129 Å². The molecule has 2 aromatic rings. The Morgan fingerprint density at radius 2 is 1.36 bits per heavy atom. The number of benzene rings is 2. The molecule has 2 saturated heterocycles. The fraction of sp³-hybridized carbons (Fsp3) is 0.481. The molecule has 15 heteroatoms. The van der Waals surface area contributed by atoms with E-state index in [4.69, 9.17) is 29.3 Å². The van der Waals surface area contributed by atoms with Gasteiger partial charge in [0.15, 0.2) is 11.5 Å². The summed E-state index contributed by atoms with van der Waals surface area (Å²) >= 11 is 0. The third-order valence-corrected chi connectivity index (χ3v) is 7.29. The first-order valence-electron chi connectivity index (χ1n) is 12.7. The van der Waals surface area contributed by atoms with Gasteiger partial charge >= 0.3 is 24.3 Å². The molecule has 0 saturated carbocycles. The van der Waals surface area contributed by atoms with Gasteiger partial charge in [-0.15, -0.1) is 0 Å². The van der Waals surface area contributed by atoms with E-state index in [-0.39, 0.29) is 23.7 Å². The van der Waals surface area contributed by atoms with Crippen LogP contribution in [0.15, 0.2) is 48.5 Å². The number of rotatable bonds is 4. The second-order valence-electron chi connectivity index (χ2n) is 9.83. The lowest BCUT2D eigenvalue weighted by molar-refractivity contribution is -0.193. The Hall–Kier alpha value is -3.56. The first-order chi connectivity index (χ1) is 19.6.